The number of nitrogens with one attached hydrogen (secondary N) is 1. The minimum atomic E-state index is -0.169. The molecule has 5 heteroatoms. The summed E-state index contributed by atoms with van der Waals surface area (Å²) in [6, 6.07) is 5.64. The Kier molecular flexibility index (Phi) is 3.29. The lowest BCUT2D eigenvalue weighted by atomic mass is 9.74. The number of rotatable bonds is 3. The number of amides is 1. The Morgan fingerprint density at radius 1 is 1.48 bits per heavy atom. The second-order valence-electron chi connectivity index (χ2n) is 6.29. The first kappa shape index (κ1) is 14.2. The van der Waals surface area contributed by atoms with E-state index < -0.39 is 0 Å². The summed E-state index contributed by atoms with van der Waals surface area (Å²) < 4.78 is 2.14. The summed E-state index contributed by atoms with van der Waals surface area (Å²) >= 11 is 0. The predicted molar refractivity (Wildman–Crippen MR) is 90.4 cm³/mol. The van der Waals surface area contributed by atoms with Crippen LogP contribution in [0.25, 0.3) is 11.0 Å². The highest BCUT2D eigenvalue weighted by atomic mass is 16.2. The van der Waals surface area contributed by atoms with Crippen LogP contribution in [0.1, 0.15) is 35.9 Å². The van der Waals surface area contributed by atoms with Crippen molar-refractivity contribution in [3.8, 4) is 0 Å². The van der Waals surface area contributed by atoms with E-state index in [9.17, 15) is 4.79 Å². The standard InChI is InChI=1S/C18H20N4O/c1-3-22-11(2)19-16-10-13(7-8-17(16)22)18(23)21-20-15-9-12-5-4-6-14(12)15/h4-5,7-8,10,12,14H,3,6,9H2,1-2H3,(H,21,23)/b20-15-/t12-,14-/m0/s1. The lowest BCUT2D eigenvalue weighted by Gasteiger charge is -2.31. The summed E-state index contributed by atoms with van der Waals surface area (Å²) in [6.45, 7) is 4.95. The average Bonchev–Trinajstić information content (AvgIpc) is 3.05. The zero-order valence-electron chi connectivity index (χ0n) is 13.4. The molecule has 1 fully saturated rings. The van der Waals surface area contributed by atoms with E-state index in [2.05, 4.69) is 39.2 Å². The van der Waals surface area contributed by atoms with E-state index in [1.165, 1.54) is 0 Å². The molecule has 4 rings (SSSR count). The number of imidazole rings is 1. The van der Waals surface area contributed by atoms with Crippen LogP contribution in [0.2, 0.25) is 0 Å². The molecule has 1 aromatic heterocycles. The SMILES string of the molecule is CCn1c(C)nc2cc(C(=O)N/N=C3/C[C@@H]4C=CC[C@H]34)ccc21. The maximum atomic E-state index is 12.3. The van der Waals surface area contributed by atoms with Crippen molar-refractivity contribution < 1.29 is 4.79 Å². The Morgan fingerprint density at radius 3 is 3.13 bits per heavy atom. The van der Waals surface area contributed by atoms with Crippen molar-refractivity contribution in [2.45, 2.75) is 33.2 Å². The quantitative estimate of drug-likeness (QED) is 0.700. The number of aromatic nitrogens is 2. The van der Waals surface area contributed by atoms with Gasteiger partial charge in [-0.15, -0.1) is 0 Å². The van der Waals surface area contributed by atoms with Crippen molar-refractivity contribution >= 4 is 22.7 Å². The third kappa shape index (κ3) is 2.27. The smallest absolute Gasteiger partial charge is 0.271 e. The second-order valence-corrected chi connectivity index (χ2v) is 6.29. The van der Waals surface area contributed by atoms with Crippen LogP contribution in [0.15, 0.2) is 35.5 Å². The number of carbonyl (C=O) groups is 1. The molecule has 1 saturated carbocycles. The zero-order chi connectivity index (χ0) is 16.0. The van der Waals surface area contributed by atoms with Gasteiger partial charge < -0.3 is 4.57 Å². The van der Waals surface area contributed by atoms with Gasteiger partial charge in [0, 0.05) is 23.7 Å². The number of allylic oxidation sites excluding steroid dienone is 2. The highest BCUT2D eigenvalue weighted by molar-refractivity contribution is 5.99. The first-order valence-electron chi connectivity index (χ1n) is 8.17. The molecule has 2 atom stereocenters. The van der Waals surface area contributed by atoms with Gasteiger partial charge in [-0.3, -0.25) is 4.79 Å². The molecule has 1 heterocycles. The number of benzene rings is 1. The normalized spacial score (nSPS) is 24.0. The van der Waals surface area contributed by atoms with Crippen LogP contribution in [0.5, 0.6) is 0 Å². The summed E-state index contributed by atoms with van der Waals surface area (Å²) in [5.74, 6) is 1.95. The van der Waals surface area contributed by atoms with Gasteiger partial charge >= 0.3 is 0 Å². The van der Waals surface area contributed by atoms with E-state index in [-0.39, 0.29) is 5.91 Å². The lowest BCUT2D eigenvalue weighted by molar-refractivity contribution is 0.0954. The van der Waals surface area contributed by atoms with Crippen LogP contribution in [-0.4, -0.2) is 21.2 Å². The number of hydrazone groups is 1. The Hall–Kier alpha value is -2.43. The maximum absolute atomic E-state index is 12.3. The first-order valence-corrected chi connectivity index (χ1v) is 8.17. The van der Waals surface area contributed by atoms with Gasteiger partial charge in [-0.2, -0.15) is 5.10 Å². The van der Waals surface area contributed by atoms with E-state index in [0.717, 1.165) is 42.0 Å². The fourth-order valence-corrected chi connectivity index (χ4v) is 3.64. The lowest BCUT2D eigenvalue weighted by Crippen LogP contribution is -2.35. The van der Waals surface area contributed by atoms with Crippen molar-refractivity contribution in [3.63, 3.8) is 0 Å². The molecule has 0 bridgehead atoms. The van der Waals surface area contributed by atoms with Gasteiger partial charge in [-0.25, -0.2) is 10.4 Å². The molecule has 5 nitrogen and oxygen atoms in total. The summed E-state index contributed by atoms with van der Waals surface area (Å²) in [5.41, 5.74) is 6.33. The molecule has 0 unspecified atom stereocenters. The molecule has 0 aliphatic heterocycles. The average molecular weight is 308 g/mol. The topological polar surface area (TPSA) is 59.3 Å². The van der Waals surface area contributed by atoms with Crippen LogP contribution in [0, 0.1) is 18.8 Å². The van der Waals surface area contributed by atoms with Crippen molar-refractivity contribution in [1.82, 2.24) is 15.0 Å². The molecule has 0 spiro atoms. The molecule has 2 aliphatic carbocycles. The molecule has 0 radical (unpaired) electrons. The van der Waals surface area contributed by atoms with Crippen LogP contribution < -0.4 is 5.43 Å². The summed E-state index contributed by atoms with van der Waals surface area (Å²) in [6.07, 6.45) is 6.49. The Labute approximate surface area is 135 Å². The van der Waals surface area contributed by atoms with Crippen molar-refractivity contribution in [1.29, 1.82) is 0 Å². The third-order valence-corrected chi connectivity index (χ3v) is 4.98. The molecular weight excluding hydrogens is 288 g/mol. The fraction of sp³-hybridized carbons (Fsp3) is 0.389. The molecule has 23 heavy (non-hydrogen) atoms. The minimum absolute atomic E-state index is 0.169. The van der Waals surface area contributed by atoms with Crippen LogP contribution in [0.4, 0.5) is 0 Å². The van der Waals surface area contributed by atoms with E-state index in [1.807, 2.05) is 25.1 Å². The molecule has 2 aromatic rings. The highest BCUT2D eigenvalue weighted by Gasteiger charge is 2.38. The van der Waals surface area contributed by atoms with E-state index in [0.29, 0.717) is 17.4 Å². The summed E-state index contributed by atoms with van der Waals surface area (Å²) in [7, 11) is 0. The fourth-order valence-electron chi connectivity index (χ4n) is 3.64. The summed E-state index contributed by atoms with van der Waals surface area (Å²) in [5, 5.41) is 4.32. The largest absolute Gasteiger partial charge is 0.329 e. The van der Waals surface area contributed by atoms with Gasteiger partial charge in [0.25, 0.3) is 5.91 Å². The molecule has 2 aliphatic rings. The van der Waals surface area contributed by atoms with E-state index >= 15 is 0 Å². The summed E-state index contributed by atoms with van der Waals surface area (Å²) in [4.78, 5) is 16.8. The van der Waals surface area contributed by atoms with Gasteiger partial charge in [-0.1, -0.05) is 12.2 Å². The number of nitrogens with zero attached hydrogens (tertiary/aromatic N) is 3. The van der Waals surface area contributed by atoms with Gasteiger partial charge in [-0.05, 0) is 50.8 Å². The van der Waals surface area contributed by atoms with Gasteiger partial charge in [0.05, 0.1) is 11.0 Å². The maximum Gasteiger partial charge on any atom is 0.271 e. The number of hydrogen-bond acceptors (Lipinski definition) is 3. The van der Waals surface area contributed by atoms with E-state index in [1.54, 1.807) is 0 Å². The first-order chi connectivity index (χ1) is 11.2. The van der Waals surface area contributed by atoms with E-state index in [4.69, 9.17) is 0 Å². The highest BCUT2D eigenvalue weighted by Crippen LogP contribution is 2.40. The van der Waals surface area contributed by atoms with Gasteiger partial charge in [0.1, 0.15) is 5.82 Å². The molecule has 1 N–H and O–H groups in total. The number of fused-ring (bicyclic) bond motifs is 2. The number of hydrogen-bond donors (Lipinski definition) is 1. The zero-order valence-corrected chi connectivity index (χ0v) is 13.4. The number of carbonyl (C=O) groups excluding carboxylic acids is 1. The molecular formula is C18H20N4O. The minimum Gasteiger partial charge on any atom is -0.329 e. The molecule has 1 aromatic carbocycles. The molecule has 118 valence electrons. The predicted octanol–water partition coefficient (Wildman–Crippen LogP) is 3.05. The molecule has 1 amide bonds. The van der Waals surface area contributed by atoms with Crippen molar-refractivity contribution in [2.24, 2.45) is 16.9 Å². The monoisotopic (exact) mass is 308 g/mol. The second kappa shape index (κ2) is 5.33. The third-order valence-electron chi connectivity index (χ3n) is 4.98. The van der Waals surface area contributed by atoms with Crippen molar-refractivity contribution in [2.75, 3.05) is 0 Å². The van der Waals surface area contributed by atoms with Crippen molar-refractivity contribution in [3.05, 3.63) is 41.7 Å². The Balaban J connectivity index is 1.52. The Bertz CT molecular complexity index is 846. The van der Waals surface area contributed by atoms with Gasteiger partial charge in [0.15, 0.2) is 0 Å². The van der Waals surface area contributed by atoms with Gasteiger partial charge in [0.2, 0.25) is 0 Å². The number of aryl methyl sites for hydroxylation is 2. The molecule has 0 saturated heterocycles. The Morgan fingerprint density at radius 2 is 2.35 bits per heavy atom. The van der Waals surface area contributed by atoms with Crippen LogP contribution >= 0.6 is 0 Å². The van der Waals surface area contributed by atoms with Crippen LogP contribution in [0.3, 0.4) is 0 Å². The van der Waals surface area contributed by atoms with Crippen LogP contribution in [-0.2, 0) is 6.54 Å².